The topological polar surface area (TPSA) is 50.8 Å². The molecule has 1 heterocycles. The van der Waals surface area contributed by atoms with Crippen LogP contribution in [-0.4, -0.2) is 43.3 Å². The molecule has 5 nitrogen and oxygen atoms in total. The van der Waals surface area contributed by atoms with Gasteiger partial charge in [0.1, 0.15) is 0 Å². The number of nitrogens with zero attached hydrogens (tertiary/aromatic N) is 1. The third-order valence-corrected chi connectivity index (χ3v) is 5.06. The molecule has 0 radical (unpaired) electrons. The fraction of sp³-hybridized carbons (Fsp3) is 0.650. The highest BCUT2D eigenvalue weighted by Crippen LogP contribution is 2.26. The minimum absolute atomic E-state index is 0.0512. The van der Waals surface area contributed by atoms with Crippen molar-refractivity contribution in [2.75, 3.05) is 31.6 Å². The molecule has 1 saturated carbocycles. The third-order valence-electron chi connectivity index (χ3n) is 5.06. The van der Waals surface area contributed by atoms with Gasteiger partial charge < -0.3 is 19.7 Å². The number of urea groups is 1. The summed E-state index contributed by atoms with van der Waals surface area (Å²) in [5.74, 6) is 0.766. The molecule has 1 aliphatic carbocycles. The van der Waals surface area contributed by atoms with E-state index in [9.17, 15) is 4.79 Å². The van der Waals surface area contributed by atoms with Crippen LogP contribution in [0.15, 0.2) is 24.3 Å². The average molecular weight is 346 g/mol. The van der Waals surface area contributed by atoms with E-state index in [1.54, 1.807) is 0 Å². The molecule has 0 spiro atoms. The Bertz CT molecular complexity index is 556. The van der Waals surface area contributed by atoms with Gasteiger partial charge in [-0.2, -0.15) is 0 Å². The predicted octanol–water partition coefficient (Wildman–Crippen LogP) is 4.04. The molecule has 2 atom stereocenters. The van der Waals surface area contributed by atoms with Gasteiger partial charge in [0, 0.05) is 25.4 Å². The molecule has 5 heteroatoms. The Morgan fingerprint density at radius 1 is 1.28 bits per heavy atom. The molecule has 0 bridgehead atoms. The van der Waals surface area contributed by atoms with Crippen LogP contribution in [0, 0.1) is 5.92 Å². The molecule has 0 aromatic heterocycles. The number of anilines is 1. The smallest absolute Gasteiger partial charge is 0.321 e. The normalized spacial score (nSPS) is 24.6. The summed E-state index contributed by atoms with van der Waals surface area (Å²) in [5, 5.41) is 3.00. The van der Waals surface area contributed by atoms with Crippen molar-refractivity contribution in [3.05, 3.63) is 29.8 Å². The maximum Gasteiger partial charge on any atom is 0.321 e. The van der Waals surface area contributed by atoms with Crippen LogP contribution in [0.1, 0.15) is 44.6 Å². The van der Waals surface area contributed by atoms with Gasteiger partial charge >= 0.3 is 6.03 Å². The van der Waals surface area contributed by atoms with Gasteiger partial charge in [-0.1, -0.05) is 31.9 Å². The summed E-state index contributed by atoms with van der Waals surface area (Å²) in [6.07, 6.45) is 6.18. The molecule has 1 aliphatic heterocycles. The maximum atomic E-state index is 12.4. The molecule has 2 aliphatic rings. The van der Waals surface area contributed by atoms with Crippen molar-refractivity contribution in [3.8, 4) is 0 Å². The van der Waals surface area contributed by atoms with Gasteiger partial charge in [0.2, 0.25) is 0 Å². The second-order valence-corrected chi connectivity index (χ2v) is 7.29. The molecular formula is C20H30N2O3. The van der Waals surface area contributed by atoms with Crippen LogP contribution in [-0.2, 0) is 16.1 Å². The van der Waals surface area contributed by atoms with Gasteiger partial charge in [0.05, 0.1) is 19.3 Å². The van der Waals surface area contributed by atoms with E-state index in [-0.39, 0.29) is 6.03 Å². The Kier molecular flexibility index (Phi) is 6.70. The number of ether oxygens (including phenoxy) is 2. The van der Waals surface area contributed by atoms with E-state index in [1.165, 1.54) is 12.8 Å². The van der Waals surface area contributed by atoms with Crippen LogP contribution in [0.25, 0.3) is 0 Å². The maximum absolute atomic E-state index is 12.4. The van der Waals surface area contributed by atoms with Crippen LogP contribution < -0.4 is 5.32 Å². The molecule has 138 valence electrons. The quantitative estimate of drug-likeness (QED) is 0.895. The van der Waals surface area contributed by atoms with Crippen molar-refractivity contribution in [2.45, 2.75) is 51.7 Å². The Balaban J connectivity index is 1.51. The van der Waals surface area contributed by atoms with Gasteiger partial charge in [0.15, 0.2) is 0 Å². The zero-order chi connectivity index (χ0) is 17.5. The van der Waals surface area contributed by atoms with Gasteiger partial charge in [-0.25, -0.2) is 4.79 Å². The number of hydrogen-bond acceptors (Lipinski definition) is 3. The summed E-state index contributed by atoms with van der Waals surface area (Å²) in [6.45, 7) is 5.65. The van der Waals surface area contributed by atoms with Crippen molar-refractivity contribution >= 4 is 11.7 Å². The lowest BCUT2D eigenvalue weighted by Gasteiger charge is -2.26. The van der Waals surface area contributed by atoms with E-state index in [1.807, 2.05) is 23.1 Å². The first-order valence-corrected chi connectivity index (χ1v) is 9.55. The molecule has 3 rings (SSSR count). The van der Waals surface area contributed by atoms with Gasteiger partial charge in [-0.15, -0.1) is 0 Å². The number of hydrogen-bond donors (Lipinski definition) is 1. The first kappa shape index (κ1) is 18.2. The van der Waals surface area contributed by atoms with Crippen LogP contribution in [0.4, 0.5) is 10.5 Å². The highest BCUT2D eigenvalue weighted by Gasteiger charge is 2.19. The van der Waals surface area contributed by atoms with Crippen molar-refractivity contribution in [1.82, 2.24) is 4.90 Å². The fourth-order valence-electron chi connectivity index (χ4n) is 3.63. The average Bonchev–Trinajstić information content (AvgIpc) is 2.90. The molecule has 1 saturated heterocycles. The van der Waals surface area contributed by atoms with E-state index >= 15 is 0 Å². The van der Waals surface area contributed by atoms with Gasteiger partial charge in [-0.3, -0.25) is 0 Å². The molecular weight excluding hydrogens is 316 g/mol. The van der Waals surface area contributed by atoms with Gasteiger partial charge in [-0.05, 0) is 42.9 Å². The minimum Gasteiger partial charge on any atom is -0.380 e. The fourth-order valence-corrected chi connectivity index (χ4v) is 3.63. The molecule has 2 fully saturated rings. The van der Waals surface area contributed by atoms with Crippen molar-refractivity contribution in [1.29, 1.82) is 0 Å². The lowest BCUT2D eigenvalue weighted by atomic mass is 9.89. The molecule has 0 unspecified atom stereocenters. The number of carbonyl (C=O) groups excluding carboxylic acids is 1. The molecule has 1 N–H and O–H groups in total. The largest absolute Gasteiger partial charge is 0.380 e. The van der Waals surface area contributed by atoms with Crippen LogP contribution >= 0.6 is 0 Å². The first-order valence-electron chi connectivity index (χ1n) is 9.55. The zero-order valence-corrected chi connectivity index (χ0v) is 15.2. The standard InChI is InChI=1S/C20H30N2O3/c1-16-5-2-8-19(13-16)25-15-17-6-3-7-18(14-17)21-20(23)22-9-4-11-24-12-10-22/h3,6-7,14,16,19H,2,4-5,8-13,15H2,1H3,(H,21,23)/t16-,19-/m1/s1. The number of amides is 2. The van der Waals surface area contributed by atoms with Gasteiger partial charge in [0.25, 0.3) is 0 Å². The van der Waals surface area contributed by atoms with Crippen LogP contribution in [0.3, 0.4) is 0 Å². The van der Waals surface area contributed by atoms with Crippen molar-refractivity contribution in [2.24, 2.45) is 5.92 Å². The second-order valence-electron chi connectivity index (χ2n) is 7.29. The predicted molar refractivity (Wildman–Crippen MR) is 98.7 cm³/mol. The van der Waals surface area contributed by atoms with E-state index in [2.05, 4.69) is 18.3 Å². The lowest BCUT2D eigenvalue weighted by Crippen LogP contribution is -2.36. The Morgan fingerprint density at radius 3 is 3.08 bits per heavy atom. The highest BCUT2D eigenvalue weighted by atomic mass is 16.5. The summed E-state index contributed by atoms with van der Waals surface area (Å²) < 4.78 is 11.5. The van der Waals surface area contributed by atoms with Crippen molar-refractivity contribution in [3.63, 3.8) is 0 Å². The van der Waals surface area contributed by atoms with E-state index in [4.69, 9.17) is 9.47 Å². The summed E-state index contributed by atoms with van der Waals surface area (Å²) >= 11 is 0. The van der Waals surface area contributed by atoms with E-state index in [0.29, 0.717) is 25.9 Å². The zero-order valence-electron chi connectivity index (χ0n) is 15.2. The van der Waals surface area contributed by atoms with Crippen LogP contribution in [0.5, 0.6) is 0 Å². The Hall–Kier alpha value is -1.59. The molecule has 1 aromatic carbocycles. The lowest BCUT2D eigenvalue weighted by molar-refractivity contribution is 0.00468. The molecule has 25 heavy (non-hydrogen) atoms. The monoisotopic (exact) mass is 346 g/mol. The molecule has 1 aromatic rings. The second kappa shape index (κ2) is 9.20. The summed E-state index contributed by atoms with van der Waals surface area (Å²) in [4.78, 5) is 14.2. The Morgan fingerprint density at radius 2 is 2.20 bits per heavy atom. The third kappa shape index (κ3) is 5.72. The first-order chi connectivity index (χ1) is 12.2. The SMILES string of the molecule is C[C@@H]1CCC[C@@H](OCc2cccc(NC(=O)N3CCCOCC3)c2)C1. The van der Waals surface area contributed by atoms with Crippen LogP contribution in [0.2, 0.25) is 0 Å². The number of nitrogens with one attached hydrogen (secondary N) is 1. The number of rotatable bonds is 4. The summed E-state index contributed by atoms with van der Waals surface area (Å²) in [7, 11) is 0. The number of benzene rings is 1. The highest BCUT2D eigenvalue weighted by molar-refractivity contribution is 5.89. The van der Waals surface area contributed by atoms with E-state index in [0.717, 1.165) is 49.6 Å². The van der Waals surface area contributed by atoms with E-state index < -0.39 is 0 Å². The molecule has 2 amide bonds. The Labute approximate surface area is 150 Å². The minimum atomic E-state index is -0.0512. The van der Waals surface area contributed by atoms with Crippen molar-refractivity contribution < 1.29 is 14.3 Å². The summed E-state index contributed by atoms with van der Waals surface area (Å²) in [6, 6.07) is 7.92. The number of carbonyl (C=O) groups is 1. The summed E-state index contributed by atoms with van der Waals surface area (Å²) in [5.41, 5.74) is 1.93.